The quantitative estimate of drug-likeness (QED) is 0.421. The van der Waals surface area contributed by atoms with Crippen molar-refractivity contribution in [2.75, 3.05) is 19.8 Å². The van der Waals surface area contributed by atoms with Crippen LogP contribution in [0, 0.1) is 5.92 Å². The summed E-state index contributed by atoms with van der Waals surface area (Å²) in [4.78, 5) is 20.4. The highest BCUT2D eigenvalue weighted by atomic mass is 18.2. The van der Waals surface area contributed by atoms with E-state index in [9.17, 15) is 9.18 Å². The van der Waals surface area contributed by atoms with Crippen molar-refractivity contribution in [1.29, 1.82) is 0 Å². The maximum absolute atomic E-state index is 13.7. The Hall–Kier alpha value is -1.74. The number of nitrogens with two attached hydrogens (primary N) is 1. The molecular weight excluding hydrogens is 256 g/mol. The van der Waals surface area contributed by atoms with E-state index in [0.29, 0.717) is 6.42 Å². The smallest absolute Gasteiger partial charge is 0.283 e. The van der Waals surface area contributed by atoms with Crippen LogP contribution in [-0.4, -0.2) is 65.0 Å². The van der Waals surface area contributed by atoms with Gasteiger partial charge in [0.05, 0.1) is 0 Å². The number of hydrogen-bond acceptors (Lipinski definition) is 7. The highest BCUT2D eigenvalue weighted by Crippen LogP contribution is 2.23. The average Bonchev–Trinajstić information content (AvgIpc) is 2.68. The molecular formula is C10H16FN5O3. The Morgan fingerprint density at radius 1 is 1.42 bits per heavy atom. The predicted molar refractivity (Wildman–Crippen MR) is 64.9 cm³/mol. The van der Waals surface area contributed by atoms with E-state index in [0.717, 1.165) is 0 Å². The van der Waals surface area contributed by atoms with Crippen molar-refractivity contribution in [2.45, 2.75) is 18.6 Å². The van der Waals surface area contributed by atoms with Gasteiger partial charge in [0.25, 0.3) is 12.0 Å². The number of amides is 1. The number of amidine groups is 1. The molecule has 106 valence electrons. The van der Waals surface area contributed by atoms with Crippen LogP contribution < -0.4 is 11.1 Å². The summed E-state index contributed by atoms with van der Waals surface area (Å²) in [6.45, 7) is -0.196. The number of guanidine groups is 1. The number of aliphatic hydroxyl groups is 2. The molecule has 0 aliphatic carbocycles. The van der Waals surface area contributed by atoms with E-state index < -0.39 is 24.2 Å². The van der Waals surface area contributed by atoms with Gasteiger partial charge in [0.1, 0.15) is 0 Å². The summed E-state index contributed by atoms with van der Waals surface area (Å²) in [6.07, 6.45) is -1.21. The largest absolute Gasteiger partial charge is 0.396 e. The Balaban J connectivity index is 2.06. The summed E-state index contributed by atoms with van der Waals surface area (Å²) >= 11 is 0. The van der Waals surface area contributed by atoms with Crippen molar-refractivity contribution in [1.82, 2.24) is 10.2 Å². The lowest BCUT2D eigenvalue weighted by atomic mass is 10.1. The van der Waals surface area contributed by atoms with E-state index in [-0.39, 0.29) is 31.6 Å². The molecule has 0 saturated carbocycles. The number of nitrogens with one attached hydrogen (secondary N) is 1. The van der Waals surface area contributed by atoms with Crippen LogP contribution in [0.4, 0.5) is 4.39 Å². The molecule has 0 aromatic carbocycles. The van der Waals surface area contributed by atoms with E-state index in [1.807, 2.05) is 0 Å². The third-order valence-corrected chi connectivity index (χ3v) is 3.17. The van der Waals surface area contributed by atoms with Gasteiger partial charge in [-0.2, -0.15) is 4.39 Å². The average molecular weight is 272 g/mol. The number of hydrogen-bond donors (Lipinski definition) is 4. The molecule has 1 amide bonds. The zero-order chi connectivity index (χ0) is 14.0. The van der Waals surface area contributed by atoms with Crippen LogP contribution in [0.15, 0.2) is 9.98 Å². The number of nitrogens with zero attached hydrogens (tertiary/aromatic N) is 3. The van der Waals surface area contributed by atoms with Gasteiger partial charge in [0.15, 0.2) is 18.2 Å². The Bertz CT molecular complexity index is 423. The first-order valence-corrected chi connectivity index (χ1v) is 5.92. The molecule has 0 bridgehead atoms. The van der Waals surface area contributed by atoms with Crippen LogP contribution in [0.1, 0.15) is 6.42 Å². The van der Waals surface area contributed by atoms with Gasteiger partial charge in [-0.1, -0.05) is 0 Å². The zero-order valence-corrected chi connectivity index (χ0v) is 10.2. The minimum Gasteiger partial charge on any atom is -0.396 e. The third kappa shape index (κ3) is 2.66. The first-order valence-electron chi connectivity index (χ1n) is 5.92. The third-order valence-electron chi connectivity index (χ3n) is 3.17. The number of aliphatic imine (C=N–C) groups is 2. The lowest BCUT2D eigenvalue weighted by Gasteiger charge is -2.28. The molecule has 0 aromatic heterocycles. The van der Waals surface area contributed by atoms with E-state index in [1.165, 1.54) is 4.90 Å². The molecule has 0 radical (unpaired) electrons. The summed E-state index contributed by atoms with van der Waals surface area (Å²) in [5, 5.41) is 20.2. The van der Waals surface area contributed by atoms with Gasteiger partial charge in [0, 0.05) is 25.7 Å². The van der Waals surface area contributed by atoms with Crippen molar-refractivity contribution in [3.05, 3.63) is 0 Å². The normalized spacial score (nSPS) is 26.1. The van der Waals surface area contributed by atoms with Crippen molar-refractivity contribution in [3.63, 3.8) is 0 Å². The van der Waals surface area contributed by atoms with E-state index in [2.05, 4.69) is 15.3 Å². The summed E-state index contributed by atoms with van der Waals surface area (Å²) in [5.41, 5.74) is 5.44. The molecule has 0 saturated heterocycles. The summed E-state index contributed by atoms with van der Waals surface area (Å²) in [5.74, 6) is -0.899. The molecule has 5 N–H and O–H groups in total. The van der Waals surface area contributed by atoms with Crippen LogP contribution in [0.2, 0.25) is 0 Å². The predicted octanol–water partition coefficient (Wildman–Crippen LogP) is -2.24. The van der Waals surface area contributed by atoms with Gasteiger partial charge in [-0.05, 0) is 6.42 Å². The van der Waals surface area contributed by atoms with Gasteiger partial charge in [0.2, 0.25) is 0 Å². The first kappa shape index (κ1) is 13.7. The number of carbonyl (C=O) groups is 1. The molecule has 2 aliphatic rings. The minimum atomic E-state index is -0.936. The van der Waals surface area contributed by atoms with Gasteiger partial charge in [-0.3, -0.25) is 10.1 Å². The SMILES string of the molecule is NC1=NC2C(N=C([18F])N2CCC(CO)CO)C(=O)N1. The van der Waals surface area contributed by atoms with Crippen molar-refractivity contribution >= 4 is 18.0 Å². The van der Waals surface area contributed by atoms with E-state index in [4.69, 9.17) is 15.9 Å². The van der Waals surface area contributed by atoms with Crippen molar-refractivity contribution in [2.24, 2.45) is 21.6 Å². The zero-order valence-electron chi connectivity index (χ0n) is 10.2. The molecule has 8 nitrogen and oxygen atoms in total. The maximum Gasteiger partial charge on any atom is 0.283 e. The highest BCUT2D eigenvalue weighted by Gasteiger charge is 2.43. The van der Waals surface area contributed by atoms with E-state index >= 15 is 0 Å². The molecule has 0 spiro atoms. The van der Waals surface area contributed by atoms with E-state index in [1.54, 1.807) is 0 Å². The molecule has 2 aliphatic heterocycles. The molecule has 2 rings (SSSR count). The second-order valence-electron chi connectivity index (χ2n) is 4.47. The van der Waals surface area contributed by atoms with Gasteiger partial charge in [-0.15, -0.1) is 0 Å². The maximum atomic E-state index is 13.7. The fraction of sp³-hybridized carbons (Fsp3) is 0.700. The van der Waals surface area contributed by atoms with Crippen molar-refractivity contribution in [3.8, 4) is 0 Å². The van der Waals surface area contributed by atoms with Crippen LogP contribution >= 0.6 is 0 Å². The summed E-state index contributed by atoms with van der Waals surface area (Å²) in [7, 11) is 0. The molecule has 19 heavy (non-hydrogen) atoms. The summed E-state index contributed by atoms with van der Waals surface area (Å²) in [6, 6.07) is -0.936. The topological polar surface area (TPSA) is 124 Å². The van der Waals surface area contributed by atoms with Gasteiger partial charge < -0.3 is 20.8 Å². The Kier molecular flexibility index (Phi) is 3.96. The molecule has 9 heteroatoms. The Morgan fingerprint density at radius 2 is 2.11 bits per heavy atom. The van der Waals surface area contributed by atoms with Crippen LogP contribution in [0.3, 0.4) is 0 Å². The van der Waals surface area contributed by atoms with Gasteiger partial charge >= 0.3 is 0 Å². The Labute approximate surface area is 108 Å². The molecule has 0 fully saturated rings. The number of aliphatic hydroxyl groups excluding tert-OH is 2. The van der Waals surface area contributed by atoms with Crippen LogP contribution in [-0.2, 0) is 4.79 Å². The number of fused-ring (bicyclic) bond motifs is 1. The second kappa shape index (κ2) is 5.49. The lowest BCUT2D eigenvalue weighted by Crippen LogP contribution is -2.54. The monoisotopic (exact) mass is 272 g/mol. The van der Waals surface area contributed by atoms with Gasteiger partial charge in [-0.25, -0.2) is 9.98 Å². The highest BCUT2D eigenvalue weighted by molar-refractivity contribution is 6.03. The second-order valence-corrected chi connectivity index (χ2v) is 4.47. The molecule has 2 heterocycles. The first-order chi connectivity index (χ1) is 9.06. The lowest BCUT2D eigenvalue weighted by molar-refractivity contribution is -0.122. The van der Waals surface area contributed by atoms with Crippen molar-refractivity contribution < 1.29 is 19.4 Å². The molecule has 2 unspecified atom stereocenters. The standard InChI is InChI=1S/C10H16FN5O3/c11-9-13-6-7(14-10(12)15-8(6)19)16(9)2-1-5(3-17)4-18/h5-7,17-18H,1-4H2,(H3,12,14,15,19)/i11-1. The number of carbonyl (C=O) groups excluding carboxylic acids is 1. The fourth-order valence-corrected chi connectivity index (χ4v) is 2.03. The summed E-state index contributed by atoms with van der Waals surface area (Å²) < 4.78 is 13.7. The molecule has 2 atom stereocenters. The molecule has 0 aromatic rings. The Morgan fingerprint density at radius 3 is 2.74 bits per heavy atom. The van der Waals surface area contributed by atoms with Crippen LogP contribution in [0.25, 0.3) is 0 Å². The number of halogens is 1. The van der Waals surface area contributed by atoms with Crippen LogP contribution in [0.5, 0.6) is 0 Å². The minimum absolute atomic E-state index is 0.0676. The number of rotatable bonds is 5. The fourth-order valence-electron chi connectivity index (χ4n) is 2.03.